The van der Waals surface area contributed by atoms with Crippen molar-refractivity contribution < 1.29 is 28.2 Å². The molecule has 3 rings (SSSR count). The molecule has 0 saturated heterocycles. The molecule has 1 aliphatic heterocycles. The van der Waals surface area contributed by atoms with Crippen LogP contribution in [-0.4, -0.2) is 61.4 Å². The predicted molar refractivity (Wildman–Crippen MR) is 181 cm³/mol. The van der Waals surface area contributed by atoms with E-state index < -0.39 is 23.5 Å². The Morgan fingerprint density at radius 2 is 1.96 bits per heavy atom. The van der Waals surface area contributed by atoms with Gasteiger partial charge in [0.05, 0.1) is 20.3 Å². The van der Waals surface area contributed by atoms with Gasteiger partial charge in [0.2, 0.25) is 0 Å². The Morgan fingerprint density at radius 1 is 1.26 bits per heavy atom. The molecule has 1 aliphatic rings. The van der Waals surface area contributed by atoms with E-state index in [2.05, 4.69) is 16.8 Å². The van der Waals surface area contributed by atoms with Gasteiger partial charge in [0, 0.05) is 24.0 Å². The number of ether oxygens (including phenoxy) is 3. The summed E-state index contributed by atoms with van der Waals surface area (Å²) >= 11 is 7.36. The molecular formula is C33H45ClFN5O5S. The number of nitrogens with zero attached hydrogens (tertiary/aromatic N) is 3. The highest BCUT2D eigenvalue weighted by molar-refractivity contribution is 7.16. The van der Waals surface area contributed by atoms with Crippen molar-refractivity contribution >= 4 is 40.1 Å². The highest BCUT2D eigenvalue weighted by Crippen LogP contribution is 2.35. The van der Waals surface area contributed by atoms with Crippen LogP contribution in [0.1, 0.15) is 81.7 Å². The number of aryl methyl sites for hydroxylation is 1. The number of anilines is 1. The summed E-state index contributed by atoms with van der Waals surface area (Å²) in [6.07, 6.45) is 2.00. The summed E-state index contributed by atoms with van der Waals surface area (Å²) in [6.45, 7) is 12.1. The molecule has 0 bridgehead atoms. The third-order valence-electron chi connectivity index (χ3n) is 6.51. The lowest BCUT2D eigenvalue weighted by Crippen LogP contribution is -2.34. The van der Waals surface area contributed by atoms with Gasteiger partial charge in [-0.15, -0.1) is 11.3 Å². The van der Waals surface area contributed by atoms with Crippen molar-refractivity contribution in [2.45, 2.75) is 72.8 Å². The first-order valence-electron chi connectivity index (χ1n) is 15.0. The van der Waals surface area contributed by atoms with Crippen molar-refractivity contribution in [1.82, 2.24) is 9.88 Å². The Kier molecular flexibility index (Phi) is 14.7. The molecule has 0 spiro atoms. The standard InChI is InChI=1S/C31H39ClFN5O5S.C2H6/c1-19(26(32)34)21-11-8-16-38(27(21)35)29-36-25(28(39)41-6)24(44-29)12-9-17-42-23-14-13-20(18-22(23)33)10-7-15-37(5)30(40)43-31(2,3)4;1-2/h13-14,18H,8-9,11-12,15-17,34-35H2,1-6H3;1-2H3/b26-19-;. The molecule has 13 heteroatoms. The van der Waals surface area contributed by atoms with E-state index in [9.17, 15) is 14.0 Å². The Morgan fingerprint density at radius 3 is 2.57 bits per heavy atom. The SMILES string of the molecule is CC.COC(=O)c1nc(N2CCCC(/C(C)=C(\N)Cl)=C2N)sc1CCCOc1ccc(C#CCN(C)C(=O)OC(C)(C)C)cc1F. The van der Waals surface area contributed by atoms with Gasteiger partial charge < -0.3 is 35.5 Å². The number of carbonyl (C=O) groups excluding carboxylic acids is 2. The molecule has 4 N–H and O–H groups in total. The van der Waals surface area contributed by atoms with Crippen molar-refractivity contribution in [3.05, 3.63) is 62.3 Å². The number of allylic oxidation sites excluding steroid dienone is 2. The van der Waals surface area contributed by atoms with E-state index in [0.717, 1.165) is 18.4 Å². The molecule has 252 valence electrons. The summed E-state index contributed by atoms with van der Waals surface area (Å²) in [5.74, 6) is 5.16. The van der Waals surface area contributed by atoms with Crippen LogP contribution in [0.2, 0.25) is 0 Å². The summed E-state index contributed by atoms with van der Waals surface area (Å²) in [5.41, 5.74) is 13.9. The number of rotatable bonds is 9. The van der Waals surface area contributed by atoms with E-state index in [-0.39, 0.29) is 29.8 Å². The maximum Gasteiger partial charge on any atom is 0.410 e. The van der Waals surface area contributed by atoms with Gasteiger partial charge in [-0.3, -0.25) is 0 Å². The van der Waals surface area contributed by atoms with Gasteiger partial charge in [0.15, 0.2) is 22.4 Å². The number of halogens is 2. The average molecular weight is 678 g/mol. The third-order valence-corrected chi connectivity index (χ3v) is 7.93. The number of thiazole rings is 1. The number of benzene rings is 1. The monoisotopic (exact) mass is 677 g/mol. The Bertz CT molecular complexity index is 1500. The quantitative estimate of drug-likeness (QED) is 0.132. The third kappa shape index (κ3) is 10.8. The molecule has 2 aromatic rings. The van der Waals surface area contributed by atoms with E-state index in [0.29, 0.717) is 46.4 Å². The van der Waals surface area contributed by atoms with Crippen molar-refractivity contribution in [3.8, 4) is 17.6 Å². The fourth-order valence-corrected chi connectivity index (χ4v) is 5.45. The zero-order valence-corrected chi connectivity index (χ0v) is 29.5. The fourth-order valence-electron chi connectivity index (χ4n) is 4.20. The van der Waals surface area contributed by atoms with Gasteiger partial charge in [-0.2, -0.15) is 0 Å². The zero-order chi connectivity index (χ0) is 34.6. The minimum absolute atomic E-state index is 0.0837. The van der Waals surface area contributed by atoms with Gasteiger partial charge in [0.25, 0.3) is 0 Å². The predicted octanol–water partition coefficient (Wildman–Crippen LogP) is 6.52. The Balaban J connectivity index is 0.00000361. The van der Waals surface area contributed by atoms with E-state index >= 15 is 0 Å². The van der Waals surface area contributed by atoms with Gasteiger partial charge in [-0.25, -0.2) is 19.0 Å². The van der Waals surface area contributed by atoms with Crippen LogP contribution in [0.4, 0.5) is 14.3 Å². The maximum absolute atomic E-state index is 14.7. The highest BCUT2D eigenvalue weighted by Gasteiger charge is 2.27. The normalized spacial score (nSPS) is 13.5. The van der Waals surface area contributed by atoms with Crippen LogP contribution in [0.3, 0.4) is 0 Å². The lowest BCUT2D eigenvalue weighted by atomic mass is 9.99. The van der Waals surface area contributed by atoms with Crippen LogP contribution in [0.15, 0.2) is 40.3 Å². The fraction of sp³-hybridized carbons (Fsp3) is 0.485. The lowest BCUT2D eigenvalue weighted by Gasteiger charge is -2.29. The first kappa shape index (κ1) is 38.2. The second-order valence-corrected chi connectivity index (χ2v) is 12.6. The summed E-state index contributed by atoms with van der Waals surface area (Å²) < 4.78 is 30.6. The van der Waals surface area contributed by atoms with E-state index in [4.69, 9.17) is 37.3 Å². The highest BCUT2D eigenvalue weighted by atomic mass is 35.5. The molecule has 1 amide bonds. The molecule has 0 unspecified atom stereocenters. The summed E-state index contributed by atoms with van der Waals surface area (Å²) in [4.78, 5) is 33.0. The number of methoxy groups -OCH3 is 1. The van der Waals surface area contributed by atoms with Crippen molar-refractivity contribution in [2.24, 2.45) is 11.5 Å². The maximum atomic E-state index is 14.7. The van der Waals surface area contributed by atoms with Gasteiger partial charge in [0.1, 0.15) is 16.6 Å². The Hall–Kier alpha value is -3.95. The van der Waals surface area contributed by atoms with Crippen LogP contribution in [0.5, 0.6) is 5.75 Å². The molecule has 10 nitrogen and oxygen atoms in total. The van der Waals surface area contributed by atoms with Crippen molar-refractivity contribution in [2.75, 3.05) is 38.8 Å². The number of hydrogen-bond donors (Lipinski definition) is 2. The number of hydrogen-bond acceptors (Lipinski definition) is 10. The second-order valence-electron chi connectivity index (χ2n) is 11.1. The molecular weight excluding hydrogens is 633 g/mol. The molecule has 1 aromatic heterocycles. The lowest BCUT2D eigenvalue weighted by molar-refractivity contribution is 0.0320. The first-order chi connectivity index (χ1) is 21.7. The van der Waals surface area contributed by atoms with Gasteiger partial charge in [-0.05, 0) is 82.7 Å². The molecule has 0 aliphatic carbocycles. The molecule has 0 fully saturated rings. The molecule has 0 atom stereocenters. The number of aromatic nitrogens is 1. The second kappa shape index (κ2) is 17.7. The molecule has 46 heavy (non-hydrogen) atoms. The van der Waals surface area contributed by atoms with Crippen molar-refractivity contribution in [1.29, 1.82) is 0 Å². The number of carbonyl (C=O) groups is 2. The number of esters is 1. The van der Waals surface area contributed by atoms with Crippen LogP contribution < -0.4 is 21.1 Å². The van der Waals surface area contributed by atoms with Crippen LogP contribution in [-0.2, 0) is 15.9 Å². The minimum atomic E-state index is -0.605. The largest absolute Gasteiger partial charge is 0.491 e. The summed E-state index contributed by atoms with van der Waals surface area (Å²) in [6, 6.07) is 4.43. The summed E-state index contributed by atoms with van der Waals surface area (Å²) in [7, 11) is 2.88. The van der Waals surface area contributed by atoms with Crippen LogP contribution in [0.25, 0.3) is 0 Å². The van der Waals surface area contributed by atoms with Crippen LogP contribution in [0, 0.1) is 17.7 Å². The van der Waals surface area contributed by atoms with E-state index in [1.54, 1.807) is 33.9 Å². The minimum Gasteiger partial charge on any atom is -0.491 e. The topological polar surface area (TPSA) is 133 Å². The summed E-state index contributed by atoms with van der Waals surface area (Å²) in [5, 5.41) is 0.749. The van der Waals surface area contributed by atoms with Crippen molar-refractivity contribution in [3.63, 3.8) is 0 Å². The average Bonchev–Trinajstić information content (AvgIpc) is 3.43. The Labute approximate surface area is 280 Å². The first-order valence-corrected chi connectivity index (χ1v) is 16.2. The molecule has 1 aromatic carbocycles. The molecule has 0 saturated carbocycles. The van der Waals surface area contributed by atoms with Gasteiger partial charge in [-0.1, -0.05) is 37.3 Å². The number of nitrogens with two attached hydrogens (primary N) is 2. The van der Waals surface area contributed by atoms with E-state index in [1.807, 2.05) is 25.7 Å². The van der Waals surface area contributed by atoms with Crippen LogP contribution >= 0.6 is 22.9 Å². The smallest absolute Gasteiger partial charge is 0.410 e. The molecule has 2 heterocycles. The molecule has 0 radical (unpaired) electrons. The van der Waals surface area contributed by atoms with Gasteiger partial charge >= 0.3 is 12.1 Å². The van der Waals surface area contributed by atoms with E-state index in [1.165, 1.54) is 35.5 Å². The zero-order valence-electron chi connectivity index (χ0n) is 27.9. The number of amides is 1.